The van der Waals surface area contributed by atoms with Crippen LogP contribution in [-0.4, -0.2) is 23.0 Å². The molecule has 1 atom stereocenters. The summed E-state index contributed by atoms with van der Waals surface area (Å²) >= 11 is 0. The highest BCUT2D eigenvalue weighted by atomic mass is 16.5. The van der Waals surface area contributed by atoms with Gasteiger partial charge in [0, 0.05) is 6.20 Å². The fourth-order valence-electron chi connectivity index (χ4n) is 0.855. The van der Waals surface area contributed by atoms with Gasteiger partial charge in [-0.2, -0.15) is 0 Å². The van der Waals surface area contributed by atoms with Crippen molar-refractivity contribution < 1.29 is 9.53 Å². The number of carbonyl (C=O) groups is 1. The third-order valence-corrected chi connectivity index (χ3v) is 1.60. The number of aromatic nitrogens is 2. The summed E-state index contributed by atoms with van der Waals surface area (Å²) in [5.41, 5.74) is 0.678. The molecule has 1 rings (SSSR count). The third kappa shape index (κ3) is 1.78. The maximum atomic E-state index is 11.0. The lowest BCUT2D eigenvalue weighted by molar-refractivity contribution is -0.142. The van der Waals surface area contributed by atoms with Crippen molar-refractivity contribution in [3.63, 3.8) is 0 Å². The van der Waals surface area contributed by atoms with Crippen molar-refractivity contribution in [2.45, 2.75) is 12.8 Å². The fourth-order valence-corrected chi connectivity index (χ4v) is 0.855. The number of ether oxygens (including phenoxy) is 1. The van der Waals surface area contributed by atoms with Crippen LogP contribution in [0.4, 0.5) is 0 Å². The number of carbonyl (C=O) groups excluding carboxylic acids is 1. The number of methoxy groups -OCH3 is 1. The van der Waals surface area contributed by atoms with E-state index >= 15 is 0 Å². The minimum atomic E-state index is -0.321. The molecule has 0 aliphatic rings. The average molecular weight is 166 g/mol. The van der Waals surface area contributed by atoms with Crippen molar-refractivity contribution >= 4 is 5.97 Å². The second-order valence-electron chi connectivity index (χ2n) is 2.38. The summed E-state index contributed by atoms with van der Waals surface area (Å²) in [5.74, 6) is -0.605. The third-order valence-electron chi connectivity index (χ3n) is 1.60. The highest BCUT2D eigenvalue weighted by molar-refractivity contribution is 5.76. The predicted octanol–water partition coefficient (Wildman–Crippen LogP) is 0.753. The molecule has 1 unspecified atom stereocenters. The fraction of sp³-hybridized carbons (Fsp3) is 0.375. The molecule has 0 fully saturated rings. The maximum Gasteiger partial charge on any atom is 0.314 e. The van der Waals surface area contributed by atoms with Crippen molar-refractivity contribution in [1.29, 1.82) is 0 Å². The lowest BCUT2D eigenvalue weighted by Crippen LogP contribution is -2.11. The molecule has 12 heavy (non-hydrogen) atoms. The molecule has 1 heterocycles. The summed E-state index contributed by atoms with van der Waals surface area (Å²) in [5, 5.41) is 0. The SMILES string of the molecule is COC(=O)C(C)c1ccncn1. The zero-order chi connectivity index (χ0) is 8.97. The van der Waals surface area contributed by atoms with E-state index < -0.39 is 0 Å². The molecule has 1 aromatic heterocycles. The van der Waals surface area contributed by atoms with E-state index in [1.807, 2.05) is 0 Å². The minimum absolute atomic E-state index is 0.284. The first-order valence-corrected chi connectivity index (χ1v) is 3.59. The molecule has 0 aliphatic carbocycles. The van der Waals surface area contributed by atoms with Gasteiger partial charge in [-0.3, -0.25) is 4.79 Å². The van der Waals surface area contributed by atoms with Gasteiger partial charge in [-0.1, -0.05) is 0 Å². The molecular weight excluding hydrogens is 156 g/mol. The smallest absolute Gasteiger partial charge is 0.314 e. The van der Waals surface area contributed by atoms with Crippen LogP contribution in [0.3, 0.4) is 0 Å². The van der Waals surface area contributed by atoms with E-state index in [4.69, 9.17) is 0 Å². The van der Waals surface area contributed by atoms with Crippen LogP contribution in [-0.2, 0) is 9.53 Å². The number of nitrogens with zero attached hydrogens (tertiary/aromatic N) is 2. The molecule has 0 amide bonds. The Bertz CT molecular complexity index is 261. The number of hydrogen-bond acceptors (Lipinski definition) is 4. The Morgan fingerprint density at radius 3 is 2.92 bits per heavy atom. The quantitative estimate of drug-likeness (QED) is 0.608. The summed E-state index contributed by atoms with van der Waals surface area (Å²) in [4.78, 5) is 18.7. The van der Waals surface area contributed by atoms with E-state index in [2.05, 4.69) is 14.7 Å². The molecular formula is C8H10N2O2. The average Bonchev–Trinajstić information content (AvgIpc) is 2.17. The molecule has 0 bridgehead atoms. The Kier molecular flexibility index (Phi) is 2.74. The minimum Gasteiger partial charge on any atom is -0.469 e. The van der Waals surface area contributed by atoms with E-state index in [0.29, 0.717) is 5.69 Å². The first-order chi connectivity index (χ1) is 5.75. The normalized spacial score (nSPS) is 12.2. The van der Waals surface area contributed by atoms with E-state index in [-0.39, 0.29) is 11.9 Å². The van der Waals surface area contributed by atoms with E-state index in [1.165, 1.54) is 13.4 Å². The van der Waals surface area contributed by atoms with E-state index in [0.717, 1.165) is 0 Å². The van der Waals surface area contributed by atoms with Crippen LogP contribution in [0.25, 0.3) is 0 Å². The molecule has 4 nitrogen and oxygen atoms in total. The van der Waals surface area contributed by atoms with Crippen molar-refractivity contribution in [2.75, 3.05) is 7.11 Å². The van der Waals surface area contributed by atoms with Crippen molar-refractivity contribution in [3.8, 4) is 0 Å². The van der Waals surface area contributed by atoms with Crippen molar-refractivity contribution in [2.24, 2.45) is 0 Å². The molecule has 0 spiro atoms. The molecule has 4 heteroatoms. The number of esters is 1. The van der Waals surface area contributed by atoms with Crippen LogP contribution in [0.1, 0.15) is 18.5 Å². The van der Waals surface area contributed by atoms with Crippen LogP contribution < -0.4 is 0 Å². The van der Waals surface area contributed by atoms with Gasteiger partial charge in [0.15, 0.2) is 0 Å². The number of hydrogen-bond donors (Lipinski definition) is 0. The van der Waals surface area contributed by atoms with Crippen LogP contribution in [0.5, 0.6) is 0 Å². The molecule has 1 aromatic rings. The molecule has 64 valence electrons. The number of rotatable bonds is 2. The Balaban J connectivity index is 2.78. The highest BCUT2D eigenvalue weighted by Gasteiger charge is 2.15. The molecule has 0 aliphatic heterocycles. The predicted molar refractivity (Wildman–Crippen MR) is 42.5 cm³/mol. The largest absolute Gasteiger partial charge is 0.469 e. The lowest BCUT2D eigenvalue weighted by atomic mass is 10.1. The van der Waals surface area contributed by atoms with Gasteiger partial charge in [-0.25, -0.2) is 9.97 Å². The molecule has 0 saturated carbocycles. The Morgan fingerprint density at radius 2 is 2.42 bits per heavy atom. The van der Waals surface area contributed by atoms with Gasteiger partial charge in [-0.15, -0.1) is 0 Å². The van der Waals surface area contributed by atoms with Crippen molar-refractivity contribution in [1.82, 2.24) is 9.97 Å². The highest BCUT2D eigenvalue weighted by Crippen LogP contribution is 2.11. The first-order valence-electron chi connectivity index (χ1n) is 3.59. The summed E-state index contributed by atoms with van der Waals surface area (Å²) in [7, 11) is 1.36. The van der Waals surface area contributed by atoms with E-state index in [1.54, 1.807) is 19.2 Å². The maximum absolute atomic E-state index is 11.0. The molecule has 0 saturated heterocycles. The molecule has 0 radical (unpaired) electrons. The summed E-state index contributed by atoms with van der Waals surface area (Å²) in [6.45, 7) is 1.74. The zero-order valence-corrected chi connectivity index (χ0v) is 7.02. The Hall–Kier alpha value is -1.45. The summed E-state index contributed by atoms with van der Waals surface area (Å²) < 4.78 is 4.57. The van der Waals surface area contributed by atoms with Gasteiger partial charge >= 0.3 is 5.97 Å². The van der Waals surface area contributed by atoms with Crippen LogP contribution in [0, 0.1) is 0 Å². The van der Waals surface area contributed by atoms with E-state index in [9.17, 15) is 4.79 Å². The second kappa shape index (κ2) is 3.80. The van der Waals surface area contributed by atoms with Gasteiger partial charge in [0.1, 0.15) is 6.33 Å². The summed E-state index contributed by atoms with van der Waals surface area (Å²) in [6, 6.07) is 1.70. The topological polar surface area (TPSA) is 52.1 Å². The van der Waals surface area contributed by atoms with Crippen LogP contribution >= 0.6 is 0 Å². The summed E-state index contributed by atoms with van der Waals surface area (Å²) in [6.07, 6.45) is 3.01. The standard InChI is InChI=1S/C8H10N2O2/c1-6(8(11)12-2)7-3-4-9-5-10-7/h3-6H,1-2H3. The van der Waals surface area contributed by atoms with Crippen molar-refractivity contribution in [3.05, 3.63) is 24.3 Å². The molecule has 0 N–H and O–H groups in total. The van der Waals surface area contributed by atoms with Crippen LogP contribution in [0.15, 0.2) is 18.6 Å². The van der Waals surface area contributed by atoms with Gasteiger partial charge in [0.25, 0.3) is 0 Å². The van der Waals surface area contributed by atoms with Gasteiger partial charge in [-0.05, 0) is 13.0 Å². The van der Waals surface area contributed by atoms with Gasteiger partial charge < -0.3 is 4.74 Å². The molecule has 0 aromatic carbocycles. The van der Waals surface area contributed by atoms with Gasteiger partial charge in [0.2, 0.25) is 0 Å². The Labute approximate surface area is 70.6 Å². The van der Waals surface area contributed by atoms with Crippen LogP contribution in [0.2, 0.25) is 0 Å². The second-order valence-corrected chi connectivity index (χ2v) is 2.38. The Morgan fingerprint density at radius 1 is 1.67 bits per heavy atom. The monoisotopic (exact) mass is 166 g/mol. The zero-order valence-electron chi connectivity index (χ0n) is 7.02. The first kappa shape index (κ1) is 8.64. The van der Waals surface area contributed by atoms with Gasteiger partial charge in [0.05, 0.1) is 18.7 Å². The lowest BCUT2D eigenvalue weighted by Gasteiger charge is -2.06.